The van der Waals surface area contributed by atoms with Crippen LogP contribution < -0.4 is 4.72 Å². The van der Waals surface area contributed by atoms with Gasteiger partial charge in [-0.05, 0) is 24.1 Å². The summed E-state index contributed by atoms with van der Waals surface area (Å²) in [7, 11) is -3.84. The zero-order valence-electron chi connectivity index (χ0n) is 9.95. The van der Waals surface area contributed by atoms with E-state index in [1.807, 2.05) is 13.8 Å². The summed E-state index contributed by atoms with van der Waals surface area (Å²) in [6, 6.07) is 3.59. The first-order valence-electron chi connectivity index (χ1n) is 5.31. The van der Waals surface area contributed by atoms with Crippen molar-refractivity contribution in [2.45, 2.75) is 24.8 Å². The highest BCUT2D eigenvalue weighted by molar-refractivity contribution is 9.10. The summed E-state index contributed by atoms with van der Waals surface area (Å²) in [5.41, 5.74) is 0. The van der Waals surface area contributed by atoms with Gasteiger partial charge in [0.2, 0.25) is 10.0 Å². The number of hydrogen-bond donors (Lipinski definition) is 1. The summed E-state index contributed by atoms with van der Waals surface area (Å²) in [6.45, 7) is 3.79. The fraction of sp³-hybridized carbons (Fsp3) is 0.455. The predicted octanol–water partition coefficient (Wildman–Crippen LogP) is 3.29. The van der Waals surface area contributed by atoms with Gasteiger partial charge in [0, 0.05) is 15.8 Å². The molecule has 0 saturated heterocycles. The molecule has 0 spiro atoms. The van der Waals surface area contributed by atoms with Crippen molar-refractivity contribution in [3.05, 3.63) is 28.5 Å². The molecule has 7 heteroatoms. The standard InChI is InChI=1S/C11H14Br2FNO2S/c1-7(2)10(6-12)15-18(16,17)11-4-3-8(13)5-9(11)14/h3-5,7,10,15H,6H2,1-2H3. The van der Waals surface area contributed by atoms with Crippen molar-refractivity contribution >= 4 is 41.9 Å². The molecule has 1 N–H and O–H groups in total. The van der Waals surface area contributed by atoms with E-state index < -0.39 is 15.8 Å². The van der Waals surface area contributed by atoms with Gasteiger partial charge in [0.15, 0.2) is 0 Å². The second kappa shape index (κ2) is 6.45. The lowest BCUT2D eigenvalue weighted by atomic mass is 10.1. The first kappa shape index (κ1) is 16.1. The molecule has 0 fully saturated rings. The van der Waals surface area contributed by atoms with Crippen molar-refractivity contribution in [2.75, 3.05) is 5.33 Å². The van der Waals surface area contributed by atoms with Crippen molar-refractivity contribution < 1.29 is 12.8 Å². The lowest BCUT2D eigenvalue weighted by Gasteiger charge is -2.20. The van der Waals surface area contributed by atoms with Crippen LogP contribution in [0, 0.1) is 11.7 Å². The molecule has 0 saturated carbocycles. The Morgan fingerprint density at radius 1 is 1.39 bits per heavy atom. The van der Waals surface area contributed by atoms with Crippen molar-refractivity contribution in [3.63, 3.8) is 0 Å². The highest BCUT2D eigenvalue weighted by atomic mass is 79.9. The van der Waals surface area contributed by atoms with Crippen molar-refractivity contribution in [3.8, 4) is 0 Å². The van der Waals surface area contributed by atoms with Crippen LogP contribution in [0.4, 0.5) is 4.39 Å². The maximum atomic E-state index is 13.6. The van der Waals surface area contributed by atoms with Crippen molar-refractivity contribution in [2.24, 2.45) is 5.92 Å². The molecule has 1 unspecified atom stereocenters. The first-order valence-corrected chi connectivity index (χ1v) is 8.71. The van der Waals surface area contributed by atoms with E-state index in [-0.39, 0.29) is 16.9 Å². The number of nitrogens with one attached hydrogen (secondary N) is 1. The summed E-state index contributed by atoms with van der Waals surface area (Å²) in [4.78, 5) is -0.336. The lowest BCUT2D eigenvalue weighted by molar-refractivity contribution is 0.480. The van der Waals surface area contributed by atoms with Crippen LogP contribution in [0.25, 0.3) is 0 Å². The molecule has 1 rings (SSSR count). The van der Waals surface area contributed by atoms with Gasteiger partial charge in [0.25, 0.3) is 0 Å². The van der Waals surface area contributed by atoms with Gasteiger partial charge in [-0.15, -0.1) is 0 Å². The van der Waals surface area contributed by atoms with Crippen LogP contribution in [-0.2, 0) is 10.0 Å². The largest absolute Gasteiger partial charge is 0.243 e. The molecule has 102 valence electrons. The summed E-state index contributed by atoms with van der Waals surface area (Å²) in [5.74, 6) is -0.661. The second-order valence-corrected chi connectivity index (χ2v) is 7.45. The Morgan fingerprint density at radius 3 is 2.44 bits per heavy atom. The summed E-state index contributed by atoms with van der Waals surface area (Å²) in [6.07, 6.45) is 0. The third kappa shape index (κ3) is 4.01. The molecule has 0 heterocycles. The molecule has 0 aliphatic rings. The Labute approximate surface area is 123 Å². The Morgan fingerprint density at radius 2 is 2.00 bits per heavy atom. The normalized spacial score (nSPS) is 13.9. The van der Waals surface area contributed by atoms with Crippen LogP contribution in [0.5, 0.6) is 0 Å². The molecule has 1 aromatic rings. The molecule has 1 aromatic carbocycles. The number of sulfonamides is 1. The smallest absolute Gasteiger partial charge is 0.207 e. The molecule has 0 aliphatic carbocycles. The van der Waals surface area contributed by atoms with E-state index >= 15 is 0 Å². The van der Waals surface area contributed by atoms with Gasteiger partial charge in [0.1, 0.15) is 10.7 Å². The number of rotatable bonds is 5. The Bertz CT molecular complexity index is 520. The van der Waals surface area contributed by atoms with Gasteiger partial charge in [-0.3, -0.25) is 0 Å². The molecular formula is C11H14Br2FNO2S. The second-order valence-electron chi connectivity index (χ2n) is 4.20. The van der Waals surface area contributed by atoms with E-state index in [1.165, 1.54) is 12.1 Å². The molecule has 3 nitrogen and oxygen atoms in total. The van der Waals surface area contributed by atoms with Crippen molar-refractivity contribution in [1.29, 1.82) is 0 Å². The van der Waals surface area contributed by atoms with Crippen LogP contribution in [0.1, 0.15) is 13.8 Å². The molecule has 0 bridgehead atoms. The average Bonchev–Trinajstić information content (AvgIpc) is 2.24. The van der Waals surface area contributed by atoms with E-state index in [9.17, 15) is 12.8 Å². The molecule has 18 heavy (non-hydrogen) atoms. The summed E-state index contributed by atoms with van der Waals surface area (Å²) >= 11 is 6.33. The molecule has 0 aromatic heterocycles. The third-order valence-electron chi connectivity index (χ3n) is 2.46. The third-order valence-corrected chi connectivity index (χ3v) is 5.17. The Balaban J connectivity index is 3.06. The minimum Gasteiger partial charge on any atom is -0.207 e. The minimum absolute atomic E-state index is 0.109. The topological polar surface area (TPSA) is 46.2 Å². The van der Waals surface area contributed by atoms with Gasteiger partial charge in [-0.1, -0.05) is 45.7 Å². The van der Waals surface area contributed by atoms with Gasteiger partial charge in [-0.2, -0.15) is 0 Å². The van der Waals surface area contributed by atoms with Gasteiger partial charge >= 0.3 is 0 Å². The van der Waals surface area contributed by atoms with Crippen LogP contribution in [0.2, 0.25) is 0 Å². The summed E-state index contributed by atoms with van der Waals surface area (Å²) in [5, 5.41) is 0.474. The highest BCUT2D eigenvalue weighted by Gasteiger charge is 2.24. The quantitative estimate of drug-likeness (QED) is 0.768. The zero-order chi connectivity index (χ0) is 13.9. The highest BCUT2D eigenvalue weighted by Crippen LogP contribution is 2.20. The Kier molecular flexibility index (Phi) is 5.76. The maximum Gasteiger partial charge on any atom is 0.243 e. The number of hydrogen-bond acceptors (Lipinski definition) is 2. The van der Waals surface area contributed by atoms with E-state index in [1.54, 1.807) is 0 Å². The number of alkyl halides is 1. The van der Waals surface area contributed by atoms with E-state index in [2.05, 4.69) is 36.6 Å². The SMILES string of the molecule is CC(C)C(CBr)NS(=O)(=O)c1ccc(Br)cc1F. The first-order chi connectivity index (χ1) is 8.27. The monoisotopic (exact) mass is 401 g/mol. The van der Waals surface area contributed by atoms with Gasteiger partial charge in [-0.25, -0.2) is 17.5 Å². The maximum absolute atomic E-state index is 13.6. The number of benzene rings is 1. The molecule has 0 aliphatic heterocycles. The molecular weight excluding hydrogens is 389 g/mol. The molecule has 0 radical (unpaired) electrons. The predicted molar refractivity (Wildman–Crippen MR) is 76.8 cm³/mol. The Hall–Kier alpha value is 0.0200. The minimum atomic E-state index is -3.84. The average molecular weight is 403 g/mol. The van der Waals surface area contributed by atoms with Gasteiger partial charge < -0.3 is 0 Å². The van der Waals surface area contributed by atoms with E-state index in [0.717, 1.165) is 6.07 Å². The fourth-order valence-electron chi connectivity index (χ4n) is 1.30. The van der Waals surface area contributed by atoms with Crippen LogP contribution >= 0.6 is 31.9 Å². The lowest BCUT2D eigenvalue weighted by Crippen LogP contribution is -2.39. The van der Waals surface area contributed by atoms with Crippen molar-refractivity contribution in [1.82, 2.24) is 4.72 Å². The van der Waals surface area contributed by atoms with E-state index in [0.29, 0.717) is 9.80 Å². The van der Waals surface area contributed by atoms with Gasteiger partial charge in [0.05, 0.1) is 0 Å². The molecule has 1 atom stereocenters. The summed E-state index contributed by atoms with van der Waals surface area (Å²) < 4.78 is 40.7. The molecule has 0 amide bonds. The van der Waals surface area contributed by atoms with Crippen LogP contribution in [-0.4, -0.2) is 19.8 Å². The van der Waals surface area contributed by atoms with Crippen LogP contribution in [0.3, 0.4) is 0 Å². The van der Waals surface area contributed by atoms with Crippen LogP contribution in [0.15, 0.2) is 27.6 Å². The van der Waals surface area contributed by atoms with E-state index in [4.69, 9.17) is 0 Å². The fourth-order valence-corrected chi connectivity index (χ4v) is 4.20. The number of halogens is 3. The zero-order valence-corrected chi connectivity index (χ0v) is 13.9.